The number of methoxy groups -OCH3 is 1. The first-order chi connectivity index (χ1) is 9.42. The van der Waals surface area contributed by atoms with Crippen molar-refractivity contribution < 1.29 is 4.74 Å². The van der Waals surface area contributed by atoms with Crippen molar-refractivity contribution in [2.45, 2.75) is 27.3 Å². The molecule has 0 bridgehead atoms. The van der Waals surface area contributed by atoms with Crippen molar-refractivity contribution in [3.05, 3.63) is 32.9 Å². The maximum absolute atomic E-state index is 5.74. The average molecular weight is 338 g/mol. The van der Waals surface area contributed by atoms with Crippen LogP contribution in [0.2, 0.25) is 0 Å². The smallest absolute Gasteiger partial charge is 0.122 e. The monoisotopic (exact) mass is 337 g/mol. The molecular weight excluding hydrogens is 318 g/mol. The second-order valence-electron chi connectivity index (χ2n) is 4.96. The lowest BCUT2D eigenvalue weighted by Gasteiger charge is -2.16. The molecule has 0 atom stereocenters. The standard InChI is InChI=1S/C15H20BrN3O/c1-8-6-12(20-5)9(2)10(3)13(8)15-14(16)11(7-17)18-19(15)4/h6H,7,17H2,1-5H3. The van der Waals surface area contributed by atoms with Gasteiger partial charge in [-0.15, -0.1) is 0 Å². The van der Waals surface area contributed by atoms with Gasteiger partial charge in [0.1, 0.15) is 5.75 Å². The zero-order valence-corrected chi connectivity index (χ0v) is 14.1. The summed E-state index contributed by atoms with van der Waals surface area (Å²) in [6, 6.07) is 2.07. The molecule has 2 rings (SSSR count). The van der Waals surface area contributed by atoms with Gasteiger partial charge in [-0.05, 0) is 59.5 Å². The Hall–Kier alpha value is -1.33. The number of ether oxygens (including phenoxy) is 1. The summed E-state index contributed by atoms with van der Waals surface area (Å²) in [6.45, 7) is 6.69. The Morgan fingerprint density at radius 3 is 2.45 bits per heavy atom. The Morgan fingerprint density at radius 2 is 1.95 bits per heavy atom. The van der Waals surface area contributed by atoms with Crippen LogP contribution in [0, 0.1) is 20.8 Å². The van der Waals surface area contributed by atoms with Gasteiger partial charge in [-0.25, -0.2) is 0 Å². The molecule has 5 heteroatoms. The van der Waals surface area contributed by atoms with Crippen LogP contribution in [0.4, 0.5) is 0 Å². The minimum Gasteiger partial charge on any atom is -0.496 e. The fourth-order valence-electron chi connectivity index (χ4n) is 2.58. The van der Waals surface area contributed by atoms with Crippen LogP contribution in [-0.4, -0.2) is 16.9 Å². The number of rotatable bonds is 3. The van der Waals surface area contributed by atoms with E-state index in [1.165, 1.54) is 11.1 Å². The topological polar surface area (TPSA) is 53.1 Å². The second kappa shape index (κ2) is 5.58. The Labute approximate surface area is 128 Å². The normalized spacial score (nSPS) is 10.9. The van der Waals surface area contributed by atoms with Gasteiger partial charge in [-0.2, -0.15) is 5.10 Å². The fourth-order valence-corrected chi connectivity index (χ4v) is 3.27. The largest absolute Gasteiger partial charge is 0.496 e. The molecule has 1 aromatic heterocycles. The number of benzene rings is 1. The van der Waals surface area contributed by atoms with Crippen LogP contribution >= 0.6 is 15.9 Å². The number of aromatic nitrogens is 2. The molecule has 0 fully saturated rings. The minimum atomic E-state index is 0.418. The summed E-state index contributed by atoms with van der Waals surface area (Å²) in [7, 11) is 3.64. The first kappa shape index (κ1) is 15.1. The van der Waals surface area contributed by atoms with Crippen molar-refractivity contribution in [3.8, 4) is 17.0 Å². The predicted octanol–water partition coefficient (Wildman–Crippen LogP) is 3.24. The predicted molar refractivity (Wildman–Crippen MR) is 85.0 cm³/mol. The van der Waals surface area contributed by atoms with Crippen LogP contribution in [0.5, 0.6) is 5.75 Å². The van der Waals surface area contributed by atoms with E-state index in [1.807, 2.05) is 11.7 Å². The van der Waals surface area contributed by atoms with Crippen molar-refractivity contribution in [3.63, 3.8) is 0 Å². The lowest BCUT2D eigenvalue weighted by Crippen LogP contribution is -2.01. The van der Waals surface area contributed by atoms with E-state index < -0.39 is 0 Å². The Balaban J connectivity index is 2.77. The van der Waals surface area contributed by atoms with Crippen LogP contribution in [0.15, 0.2) is 10.5 Å². The summed E-state index contributed by atoms with van der Waals surface area (Å²) >= 11 is 3.63. The first-order valence-corrected chi connectivity index (χ1v) is 7.28. The lowest BCUT2D eigenvalue weighted by molar-refractivity contribution is 0.411. The zero-order valence-electron chi connectivity index (χ0n) is 12.5. The van der Waals surface area contributed by atoms with E-state index in [0.717, 1.165) is 32.7 Å². The highest BCUT2D eigenvalue weighted by molar-refractivity contribution is 9.10. The molecule has 0 saturated heterocycles. The molecule has 0 saturated carbocycles. The average Bonchev–Trinajstić information content (AvgIpc) is 2.70. The highest BCUT2D eigenvalue weighted by Crippen LogP contribution is 2.38. The van der Waals surface area contributed by atoms with E-state index in [4.69, 9.17) is 10.5 Å². The number of aryl methyl sites for hydroxylation is 2. The second-order valence-corrected chi connectivity index (χ2v) is 5.75. The van der Waals surface area contributed by atoms with Gasteiger partial charge in [0.15, 0.2) is 0 Å². The third-order valence-corrected chi connectivity index (χ3v) is 4.59. The van der Waals surface area contributed by atoms with Crippen LogP contribution in [0.25, 0.3) is 11.3 Å². The van der Waals surface area contributed by atoms with Crippen LogP contribution in [0.3, 0.4) is 0 Å². The van der Waals surface area contributed by atoms with Crippen molar-refractivity contribution in [1.82, 2.24) is 9.78 Å². The summed E-state index contributed by atoms with van der Waals surface area (Å²) in [4.78, 5) is 0. The highest BCUT2D eigenvalue weighted by Gasteiger charge is 2.20. The first-order valence-electron chi connectivity index (χ1n) is 6.48. The summed E-state index contributed by atoms with van der Waals surface area (Å²) in [5, 5.41) is 4.47. The molecule has 1 heterocycles. The van der Waals surface area contributed by atoms with E-state index in [1.54, 1.807) is 7.11 Å². The molecule has 0 unspecified atom stereocenters. The maximum atomic E-state index is 5.74. The van der Waals surface area contributed by atoms with Crippen molar-refractivity contribution in [1.29, 1.82) is 0 Å². The molecule has 4 nitrogen and oxygen atoms in total. The van der Waals surface area contributed by atoms with Crippen molar-refractivity contribution in [2.24, 2.45) is 12.8 Å². The molecule has 0 aliphatic rings. The van der Waals surface area contributed by atoms with Crippen LogP contribution < -0.4 is 10.5 Å². The van der Waals surface area contributed by atoms with E-state index >= 15 is 0 Å². The summed E-state index contributed by atoms with van der Waals surface area (Å²) in [6.07, 6.45) is 0. The number of hydrogen-bond donors (Lipinski definition) is 1. The summed E-state index contributed by atoms with van der Waals surface area (Å²) < 4.78 is 8.28. The van der Waals surface area contributed by atoms with E-state index in [9.17, 15) is 0 Å². The van der Waals surface area contributed by atoms with Crippen LogP contribution in [-0.2, 0) is 13.6 Å². The van der Waals surface area contributed by atoms with E-state index in [0.29, 0.717) is 6.54 Å². The van der Waals surface area contributed by atoms with E-state index in [2.05, 4.69) is 47.9 Å². The summed E-state index contributed by atoms with van der Waals surface area (Å²) in [5.74, 6) is 0.918. The van der Waals surface area contributed by atoms with Gasteiger partial charge < -0.3 is 10.5 Å². The Kier molecular flexibility index (Phi) is 4.20. The number of nitrogens with zero attached hydrogens (tertiary/aromatic N) is 2. The molecule has 2 aromatic rings. The fraction of sp³-hybridized carbons (Fsp3) is 0.400. The molecule has 0 aliphatic carbocycles. The molecule has 0 spiro atoms. The molecule has 0 amide bonds. The molecule has 20 heavy (non-hydrogen) atoms. The summed E-state index contributed by atoms with van der Waals surface area (Å²) in [5.41, 5.74) is 12.4. The van der Waals surface area contributed by atoms with Gasteiger partial charge >= 0.3 is 0 Å². The molecule has 0 aliphatic heterocycles. The maximum Gasteiger partial charge on any atom is 0.122 e. The quantitative estimate of drug-likeness (QED) is 0.935. The zero-order chi connectivity index (χ0) is 15.0. The molecule has 1 aromatic carbocycles. The highest BCUT2D eigenvalue weighted by atomic mass is 79.9. The van der Waals surface area contributed by atoms with E-state index in [-0.39, 0.29) is 0 Å². The van der Waals surface area contributed by atoms with Gasteiger partial charge in [-0.3, -0.25) is 4.68 Å². The molecule has 108 valence electrons. The molecular formula is C15H20BrN3O. The van der Waals surface area contributed by atoms with Crippen LogP contribution in [0.1, 0.15) is 22.4 Å². The van der Waals surface area contributed by atoms with Gasteiger partial charge in [-0.1, -0.05) is 0 Å². The number of hydrogen-bond acceptors (Lipinski definition) is 3. The Morgan fingerprint density at radius 1 is 1.30 bits per heavy atom. The Bertz CT molecular complexity index is 662. The minimum absolute atomic E-state index is 0.418. The number of halogens is 1. The van der Waals surface area contributed by atoms with Gasteiger partial charge in [0.05, 0.1) is 23.0 Å². The molecule has 0 radical (unpaired) electrons. The molecule has 2 N–H and O–H groups in total. The van der Waals surface area contributed by atoms with Crippen molar-refractivity contribution in [2.75, 3.05) is 7.11 Å². The lowest BCUT2D eigenvalue weighted by atomic mass is 9.95. The SMILES string of the molecule is COc1cc(C)c(-c2c(Br)c(CN)nn2C)c(C)c1C. The van der Waals surface area contributed by atoms with Gasteiger partial charge in [0, 0.05) is 19.2 Å². The third-order valence-electron chi connectivity index (χ3n) is 3.75. The van der Waals surface area contributed by atoms with Crippen molar-refractivity contribution >= 4 is 15.9 Å². The number of nitrogens with two attached hydrogens (primary N) is 1. The van der Waals surface area contributed by atoms with Gasteiger partial charge in [0.25, 0.3) is 0 Å². The third kappa shape index (κ3) is 2.25. The van der Waals surface area contributed by atoms with Gasteiger partial charge in [0.2, 0.25) is 0 Å².